The fraction of sp³-hybridized carbons (Fsp3) is 0.130. The maximum atomic E-state index is 12.3. The molecular weight excluding hydrogens is 382 g/mol. The molecule has 7 nitrogen and oxygen atoms in total. The molecule has 1 heterocycles. The summed E-state index contributed by atoms with van der Waals surface area (Å²) in [5.74, 6) is 0.326. The van der Waals surface area contributed by atoms with E-state index in [0.717, 1.165) is 5.57 Å². The number of amides is 2. The van der Waals surface area contributed by atoms with Gasteiger partial charge in [0.15, 0.2) is 5.76 Å². The molecule has 0 aliphatic carbocycles. The molecule has 0 aliphatic heterocycles. The Morgan fingerprint density at radius 2 is 1.70 bits per heavy atom. The van der Waals surface area contributed by atoms with Gasteiger partial charge in [0.1, 0.15) is 12.4 Å². The van der Waals surface area contributed by atoms with Gasteiger partial charge in [0, 0.05) is 23.1 Å². The van der Waals surface area contributed by atoms with Crippen molar-refractivity contribution in [2.24, 2.45) is 0 Å². The van der Waals surface area contributed by atoms with Gasteiger partial charge in [-0.1, -0.05) is 18.7 Å². The van der Waals surface area contributed by atoms with Gasteiger partial charge in [-0.15, -0.1) is 0 Å². The van der Waals surface area contributed by atoms with Gasteiger partial charge < -0.3 is 25.1 Å². The van der Waals surface area contributed by atoms with Gasteiger partial charge in [-0.25, -0.2) is 0 Å². The predicted octanol–water partition coefficient (Wildman–Crippen LogP) is 4.54. The second-order valence-electron chi connectivity index (χ2n) is 6.69. The first-order chi connectivity index (χ1) is 14.5. The van der Waals surface area contributed by atoms with Crippen molar-refractivity contribution < 1.29 is 18.7 Å². The van der Waals surface area contributed by atoms with Crippen LogP contribution in [0.25, 0.3) is 0 Å². The Morgan fingerprint density at radius 3 is 2.43 bits per heavy atom. The number of benzene rings is 2. The number of hydrogen-bond donors (Lipinski definition) is 3. The highest BCUT2D eigenvalue weighted by atomic mass is 16.5. The first kappa shape index (κ1) is 20.7. The molecule has 0 saturated heterocycles. The Morgan fingerprint density at radius 1 is 0.967 bits per heavy atom. The fourth-order valence-corrected chi connectivity index (χ4v) is 2.57. The number of furan rings is 1. The average Bonchev–Trinajstić information content (AvgIpc) is 3.26. The van der Waals surface area contributed by atoms with E-state index in [1.165, 1.54) is 6.26 Å². The van der Waals surface area contributed by atoms with E-state index in [-0.39, 0.29) is 24.1 Å². The van der Waals surface area contributed by atoms with Crippen LogP contribution in [0.5, 0.6) is 5.75 Å². The first-order valence-electron chi connectivity index (χ1n) is 9.35. The molecule has 7 heteroatoms. The standard InChI is InChI=1S/C23H23N3O4/c1-16(2)15-30-20-9-4-8-19(13-20)25-22(27)14-24-17-6-3-7-18(12-17)26-23(28)21-10-5-11-29-21/h3-13,24H,1,14-15H2,2H3,(H,25,27)(H,26,28). The van der Waals surface area contributed by atoms with Crippen LogP contribution in [0.15, 0.2) is 83.5 Å². The molecule has 154 valence electrons. The maximum absolute atomic E-state index is 12.3. The van der Waals surface area contributed by atoms with E-state index in [1.807, 2.05) is 25.1 Å². The van der Waals surface area contributed by atoms with Crippen LogP contribution in [0.3, 0.4) is 0 Å². The third-order valence-electron chi connectivity index (χ3n) is 3.92. The van der Waals surface area contributed by atoms with Crippen LogP contribution in [-0.4, -0.2) is 25.0 Å². The molecule has 30 heavy (non-hydrogen) atoms. The lowest BCUT2D eigenvalue weighted by molar-refractivity contribution is -0.114. The molecule has 0 radical (unpaired) electrons. The van der Waals surface area contributed by atoms with Gasteiger partial charge in [0.05, 0.1) is 12.8 Å². The maximum Gasteiger partial charge on any atom is 0.291 e. The number of ether oxygens (including phenoxy) is 1. The molecular formula is C23H23N3O4. The van der Waals surface area contributed by atoms with Crippen molar-refractivity contribution in [3.63, 3.8) is 0 Å². The number of hydrogen-bond acceptors (Lipinski definition) is 5. The third-order valence-corrected chi connectivity index (χ3v) is 3.92. The Bertz CT molecular complexity index is 1030. The van der Waals surface area contributed by atoms with Crippen LogP contribution in [0.4, 0.5) is 17.1 Å². The molecule has 0 fully saturated rings. The van der Waals surface area contributed by atoms with Gasteiger partial charge >= 0.3 is 0 Å². The third kappa shape index (κ3) is 6.27. The van der Waals surface area contributed by atoms with Gasteiger partial charge in [0.25, 0.3) is 5.91 Å². The molecule has 0 unspecified atom stereocenters. The molecule has 0 atom stereocenters. The zero-order valence-corrected chi connectivity index (χ0v) is 16.6. The molecule has 3 aromatic rings. The monoisotopic (exact) mass is 405 g/mol. The van der Waals surface area contributed by atoms with Crippen LogP contribution in [0.2, 0.25) is 0 Å². The highest BCUT2D eigenvalue weighted by Crippen LogP contribution is 2.19. The largest absolute Gasteiger partial charge is 0.489 e. The SMILES string of the molecule is C=C(C)COc1cccc(NC(=O)CNc2cccc(NC(=O)c3ccco3)c2)c1. The van der Waals surface area contributed by atoms with Gasteiger partial charge in [-0.05, 0) is 55.0 Å². The summed E-state index contributed by atoms with van der Waals surface area (Å²) in [5, 5.41) is 8.60. The summed E-state index contributed by atoms with van der Waals surface area (Å²) >= 11 is 0. The molecule has 3 rings (SSSR count). The molecule has 0 aliphatic rings. The van der Waals surface area contributed by atoms with Crippen molar-refractivity contribution in [2.75, 3.05) is 29.1 Å². The predicted molar refractivity (Wildman–Crippen MR) is 117 cm³/mol. The Labute approximate surface area is 174 Å². The lowest BCUT2D eigenvalue weighted by Crippen LogP contribution is -2.21. The van der Waals surface area contributed by atoms with Crippen molar-refractivity contribution in [3.05, 3.63) is 84.8 Å². The molecule has 0 bridgehead atoms. The van der Waals surface area contributed by atoms with Crippen molar-refractivity contribution in [3.8, 4) is 5.75 Å². The minimum absolute atomic E-state index is 0.0619. The second kappa shape index (κ2) is 9.97. The molecule has 2 amide bonds. The van der Waals surface area contributed by atoms with Crippen molar-refractivity contribution >= 4 is 28.9 Å². The van der Waals surface area contributed by atoms with Crippen LogP contribution >= 0.6 is 0 Å². The smallest absolute Gasteiger partial charge is 0.291 e. The van der Waals surface area contributed by atoms with Crippen LogP contribution in [0.1, 0.15) is 17.5 Å². The lowest BCUT2D eigenvalue weighted by Gasteiger charge is -2.11. The molecule has 0 saturated carbocycles. The zero-order valence-electron chi connectivity index (χ0n) is 16.6. The number of carbonyl (C=O) groups is 2. The normalized spacial score (nSPS) is 10.2. The van der Waals surface area contributed by atoms with E-state index < -0.39 is 0 Å². The summed E-state index contributed by atoms with van der Waals surface area (Å²) in [7, 11) is 0. The quantitative estimate of drug-likeness (QED) is 0.455. The number of rotatable bonds is 9. The van der Waals surface area contributed by atoms with Gasteiger partial charge in [0.2, 0.25) is 5.91 Å². The van der Waals surface area contributed by atoms with E-state index >= 15 is 0 Å². The van der Waals surface area contributed by atoms with Crippen LogP contribution in [-0.2, 0) is 4.79 Å². The van der Waals surface area contributed by atoms with Gasteiger partial charge in [-0.3, -0.25) is 9.59 Å². The summed E-state index contributed by atoms with van der Waals surface area (Å²) in [6.45, 7) is 6.17. The van der Waals surface area contributed by atoms with E-state index in [0.29, 0.717) is 29.4 Å². The Balaban J connectivity index is 1.52. The summed E-state index contributed by atoms with van der Waals surface area (Å²) in [6.07, 6.45) is 1.44. The Hall–Kier alpha value is -4.00. The highest BCUT2D eigenvalue weighted by molar-refractivity contribution is 6.02. The van der Waals surface area contributed by atoms with Crippen molar-refractivity contribution in [2.45, 2.75) is 6.92 Å². The van der Waals surface area contributed by atoms with Crippen molar-refractivity contribution in [1.82, 2.24) is 0 Å². The van der Waals surface area contributed by atoms with Crippen LogP contribution < -0.4 is 20.7 Å². The van der Waals surface area contributed by atoms with E-state index in [2.05, 4.69) is 22.5 Å². The van der Waals surface area contributed by atoms with Crippen molar-refractivity contribution in [1.29, 1.82) is 0 Å². The zero-order chi connectivity index (χ0) is 21.3. The topological polar surface area (TPSA) is 92.6 Å². The summed E-state index contributed by atoms with van der Waals surface area (Å²) in [6, 6.07) is 17.5. The van der Waals surface area contributed by atoms with E-state index in [9.17, 15) is 9.59 Å². The average molecular weight is 405 g/mol. The second-order valence-corrected chi connectivity index (χ2v) is 6.69. The molecule has 2 aromatic carbocycles. The van der Waals surface area contributed by atoms with Gasteiger partial charge in [-0.2, -0.15) is 0 Å². The van der Waals surface area contributed by atoms with Crippen LogP contribution in [0, 0.1) is 0 Å². The highest BCUT2D eigenvalue weighted by Gasteiger charge is 2.09. The minimum Gasteiger partial charge on any atom is -0.489 e. The van der Waals surface area contributed by atoms with E-state index in [4.69, 9.17) is 9.15 Å². The first-order valence-corrected chi connectivity index (χ1v) is 9.35. The minimum atomic E-state index is -0.344. The fourth-order valence-electron chi connectivity index (χ4n) is 2.57. The van der Waals surface area contributed by atoms with E-state index in [1.54, 1.807) is 42.5 Å². The Kier molecular flexibility index (Phi) is 6.89. The number of nitrogens with one attached hydrogen (secondary N) is 3. The number of anilines is 3. The molecule has 1 aromatic heterocycles. The summed E-state index contributed by atoms with van der Waals surface area (Å²) in [5.41, 5.74) is 2.84. The summed E-state index contributed by atoms with van der Waals surface area (Å²) < 4.78 is 10.7. The summed E-state index contributed by atoms with van der Waals surface area (Å²) in [4.78, 5) is 24.3. The molecule has 0 spiro atoms. The number of carbonyl (C=O) groups excluding carboxylic acids is 2. The lowest BCUT2D eigenvalue weighted by atomic mass is 10.2. The molecule has 3 N–H and O–H groups in total.